The molecule has 58 valence electrons. The van der Waals surface area contributed by atoms with Crippen molar-refractivity contribution < 1.29 is 0 Å². The van der Waals surface area contributed by atoms with Crippen LogP contribution in [0.25, 0.3) is 0 Å². The second-order valence-corrected chi connectivity index (χ2v) is 3.29. The Kier molecular flexibility index (Phi) is 3.09. The van der Waals surface area contributed by atoms with Crippen LogP contribution in [0.3, 0.4) is 0 Å². The molecule has 0 amide bonds. The molecule has 1 aromatic carbocycles. The molecule has 0 bridgehead atoms. The highest BCUT2D eigenvalue weighted by atomic mass is 79.9. The predicted molar refractivity (Wildman–Crippen MR) is 52.5 cm³/mol. The summed E-state index contributed by atoms with van der Waals surface area (Å²) in [4.78, 5) is 3.86. The maximum Gasteiger partial charge on any atom is 0.130 e. The van der Waals surface area contributed by atoms with Crippen molar-refractivity contribution in [2.24, 2.45) is 4.99 Å². The van der Waals surface area contributed by atoms with Gasteiger partial charge in [-0.1, -0.05) is 39.7 Å². The average molecular weight is 233 g/mol. The molecule has 1 rings (SSSR count). The SMILES string of the molecule is C/N=C(\Cl)c1ccc(Br)cc1. The zero-order valence-electron chi connectivity index (χ0n) is 6.01. The Hall–Kier alpha value is -0.340. The number of benzene rings is 1. The van der Waals surface area contributed by atoms with Crippen LogP contribution in [0.5, 0.6) is 0 Å². The molecule has 0 aliphatic rings. The predicted octanol–water partition coefficient (Wildman–Crippen LogP) is 3.06. The van der Waals surface area contributed by atoms with Crippen LogP contribution in [0.15, 0.2) is 33.7 Å². The third kappa shape index (κ3) is 2.31. The zero-order chi connectivity index (χ0) is 8.27. The second-order valence-electron chi connectivity index (χ2n) is 2.02. The molecule has 0 aromatic heterocycles. The number of aliphatic imine (C=N–C) groups is 1. The first kappa shape index (κ1) is 8.75. The molecular formula is C8H7BrClN. The highest BCUT2D eigenvalue weighted by molar-refractivity contribution is 9.10. The lowest BCUT2D eigenvalue weighted by Gasteiger charge is -1.95. The quantitative estimate of drug-likeness (QED) is 0.660. The Balaban J connectivity index is 2.99. The molecule has 0 heterocycles. The molecule has 0 unspecified atom stereocenters. The Bertz CT molecular complexity index is 266. The standard InChI is InChI=1S/C8H7BrClN/c1-11-8(10)6-2-4-7(9)5-3-6/h2-5H,1H3/b11-8-. The van der Waals surface area contributed by atoms with Gasteiger partial charge in [0.05, 0.1) is 0 Å². The van der Waals surface area contributed by atoms with Crippen molar-refractivity contribution in [3.8, 4) is 0 Å². The van der Waals surface area contributed by atoms with Gasteiger partial charge in [-0.25, -0.2) is 0 Å². The Morgan fingerprint density at radius 1 is 1.36 bits per heavy atom. The molecule has 0 saturated heterocycles. The molecule has 0 aliphatic heterocycles. The molecule has 0 spiro atoms. The smallest absolute Gasteiger partial charge is 0.130 e. The number of nitrogens with zero attached hydrogens (tertiary/aromatic N) is 1. The molecular weight excluding hydrogens is 225 g/mol. The van der Waals surface area contributed by atoms with Gasteiger partial charge in [-0.3, -0.25) is 4.99 Å². The summed E-state index contributed by atoms with van der Waals surface area (Å²) < 4.78 is 1.04. The second kappa shape index (κ2) is 3.88. The zero-order valence-corrected chi connectivity index (χ0v) is 8.35. The summed E-state index contributed by atoms with van der Waals surface area (Å²) in [5.41, 5.74) is 0.942. The summed E-state index contributed by atoms with van der Waals surface area (Å²) in [6.45, 7) is 0. The molecule has 3 heteroatoms. The third-order valence-electron chi connectivity index (χ3n) is 1.28. The minimum Gasteiger partial charge on any atom is -0.276 e. The van der Waals surface area contributed by atoms with Crippen LogP contribution in [0.4, 0.5) is 0 Å². The van der Waals surface area contributed by atoms with Crippen LogP contribution < -0.4 is 0 Å². The fraction of sp³-hybridized carbons (Fsp3) is 0.125. The molecule has 0 N–H and O–H groups in total. The van der Waals surface area contributed by atoms with Crippen molar-refractivity contribution >= 4 is 32.7 Å². The summed E-state index contributed by atoms with van der Waals surface area (Å²) in [5.74, 6) is 0. The van der Waals surface area contributed by atoms with Gasteiger partial charge in [0, 0.05) is 17.1 Å². The Labute approximate surface area is 79.2 Å². The van der Waals surface area contributed by atoms with Gasteiger partial charge in [0.15, 0.2) is 0 Å². The lowest BCUT2D eigenvalue weighted by atomic mass is 10.2. The van der Waals surface area contributed by atoms with Crippen molar-refractivity contribution in [2.45, 2.75) is 0 Å². The van der Waals surface area contributed by atoms with Crippen LogP contribution in [-0.2, 0) is 0 Å². The molecule has 0 saturated carbocycles. The topological polar surface area (TPSA) is 12.4 Å². The monoisotopic (exact) mass is 231 g/mol. The van der Waals surface area contributed by atoms with Crippen LogP contribution in [0.2, 0.25) is 0 Å². The van der Waals surface area contributed by atoms with Crippen molar-refractivity contribution in [1.29, 1.82) is 0 Å². The maximum atomic E-state index is 5.78. The lowest BCUT2D eigenvalue weighted by Crippen LogP contribution is -1.88. The summed E-state index contributed by atoms with van der Waals surface area (Å²) in [5, 5.41) is 0.539. The van der Waals surface area contributed by atoms with Crippen LogP contribution in [0.1, 0.15) is 5.56 Å². The summed E-state index contributed by atoms with van der Waals surface area (Å²) in [7, 11) is 1.67. The van der Waals surface area contributed by atoms with E-state index in [0.717, 1.165) is 10.0 Å². The first-order chi connectivity index (χ1) is 5.24. The minimum atomic E-state index is 0.539. The van der Waals surface area contributed by atoms with E-state index in [1.54, 1.807) is 7.05 Å². The first-order valence-electron chi connectivity index (χ1n) is 3.12. The fourth-order valence-corrected chi connectivity index (χ4v) is 1.11. The Morgan fingerprint density at radius 3 is 2.36 bits per heavy atom. The highest BCUT2D eigenvalue weighted by Gasteiger charge is 1.96. The van der Waals surface area contributed by atoms with Crippen molar-refractivity contribution in [3.63, 3.8) is 0 Å². The molecule has 1 aromatic rings. The molecule has 1 nitrogen and oxygen atoms in total. The van der Waals surface area contributed by atoms with E-state index in [0.29, 0.717) is 5.17 Å². The van der Waals surface area contributed by atoms with Gasteiger partial charge in [0.2, 0.25) is 0 Å². The van der Waals surface area contributed by atoms with E-state index in [9.17, 15) is 0 Å². The third-order valence-corrected chi connectivity index (χ3v) is 2.19. The molecule has 0 atom stereocenters. The van der Waals surface area contributed by atoms with Crippen molar-refractivity contribution in [3.05, 3.63) is 34.3 Å². The van der Waals surface area contributed by atoms with Gasteiger partial charge in [-0.2, -0.15) is 0 Å². The summed E-state index contributed by atoms with van der Waals surface area (Å²) in [6, 6.07) is 7.70. The molecule has 0 aliphatic carbocycles. The first-order valence-corrected chi connectivity index (χ1v) is 4.29. The van der Waals surface area contributed by atoms with E-state index in [-0.39, 0.29) is 0 Å². The van der Waals surface area contributed by atoms with E-state index in [4.69, 9.17) is 11.6 Å². The van der Waals surface area contributed by atoms with Gasteiger partial charge in [-0.15, -0.1) is 0 Å². The maximum absolute atomic E-state index is 5.78. The van der Waals surface area contributed by atoms with Gasteiger partial charge in [0.1, 0.15) is 5.17 Å². The van der Waals surface area contributed by atoms with E-state index in [2.05, 4.69) is 20.9 Å². The van der Waals surface area contributed by atoms with Gasteiger partial charge in [-0.05, 0) is 12.1 Å². The number of hydrogen-bond acceptors (Lipinski definition) is 1. The molecule has 11 heavy (non-hydrogen) atoms. The summed E-state index contributed by atoms with van der Waals surface area (Å²) in [6.07, 6.45) is 0. The van der Waals surface area contributed by atoms with Gasteiger partial charge >= 0.3 is 0 Å². The molecule has 0 fully saturated rings. The summed E-state index contributed by atoms with van der Waals surface area (Å²) >= 11 is 9.11. The molecule has 0 radical (unpaired) electrons. The fourth-order valence-electron chi connectivity index (χ4n) is 0.717. The van der Waals surface area contributed by atoms with Crippen LogP contribution in [0, 0.1) is 0 Å². The van der Waals surface area contributed by atoms with Crippen molar-refractivity contribution in [2.75, 3.05) is 7.05 Å². The van der Waals surface area contributed by atoms with Gasteiger partial charge in [0.25, 0.3) is 0 Å². The lowest BCUT2D eigenvalue weighted by molar-refractivity contribution is 1.45. The van der Waals surface area contributed by atoms with Crippen LogP contribution >= 0.6 is 27.5 Å². The van der Waals surface area contributed by atoms with E-state index < -0.39 is 0 Å². The van der Waals surface area contributed by atoms with Crippen molar-refractivity contribution in [1.82, 2.24) is 0 Å². The van der Waals surface area contributed by atoms with E-state index in [1.165, 1.54) is 0 Å². The number of rotatable bonds is 1. The highest BCUT2D eigenvalue weighted by Crippen LogP contribution is 2.12. The van der Waals surface area contributed by atoms with Gasteiger partial charge < -0.3 is 0 Å². The number of halogens is 2. The Morgan fingerprint density at radius 2 is 1.91 bits per heavy atom. The average Bonchev–Trinajstić information content (AvgIpc) is 2.05. The van der Waals surface area contributed by atoms with E-state index in [1.807, 2.05) is 24.3 Å². The largest absolute Gasteiger partial charge is 0.276 e. The minimum absolute atomic E-state index is 0.539. The normalized spacial score (nSPS) is 11.7. The van der Waals surface area contributed by atoms with Crippen LogP contribution in [-0.4, -0.2) is 12.2 Å². The number of hydrogen-bond donors (Lipinski definition) is 0. The van der Waals surface area contributed by atoms with E-state index >= 15 is 0 Å².